The second-order valence-corrected chi connectivity index (χ2v) is 5.41. The number of para-hydroxylation sites is 1. The average Bonchev–Trinajstić information content (AvgIpc) is 2.49. The van der Waals surface area contributed by atoms with E-state index in [0.717, 1.165) is 10.5 Å². The summed E-state index contributed by atoms with van der Waals surface area (Å²) in [7, 11) is 0. The monoisotopic (exact) mass is 331 g/mol. The molecule has 0 radical (unpaired) electrons. The Morgan fingerprint density at radius 2 is 2.00 bits per heavy atom. The number of carboxylic acids is 1. The molecule has 1 aliphatic rings. The molecule has 126 valence electrons. The number of carboxylic acid groups (broad SMARTS) is 1. The Balaban J connectivity index is 2.12. The zero-order valence-electron chi connectivity index (χ0n) is 12.2. The van der Waals surface area contributed by atoms with Gasteiger partial charge in [-0.05, 0) is 30.4 Å². The molecule has 1 unspecified atom stereocenters. The molecule has 1 heterocycles. The molecule has 1 amide bonds. The molecule has 5 nitrogen and oxygen atoms in total. The molecule has 0 saturated heterocycles. The highest BCUT2D eigenvalue weighted by Crippen LogP contribution is 2.32. The Hall–Kier alpha value is -2.25. The summed E-state index contributed by atoms with van der Waals surface area (Å²) in [4.78, 5) is 23.8. The maximum absolute atomic E-state index is 12.2. The van der Waals surface area contributed by atoms with Crippen molar-refractivity contribution in [2.24, 2.45) is 5.92 Å². The number of halogens is 3. The van der Waals surface area contributed by atoms with Gasteiger partial charge in [0, 0.05) is 13.0 Å². The number of hydrogen-bond acceptors (Lipinski definition) is 3. The van der Waals surface area contributed by atoms with Gasteiger partial charge in [0.05, 0.1) is 5.69 Å². The van der Waals surface area contributed by atoms with E-state index in [1.807, 2.05) is 0 Å². The number of ether oxygens (including phenoxy) is 1. The fourth-order valence-corrected chi connectivity index (χ4v) is 2.59. The summed E-state index contributed by atoms with van der Waals surface area (Å²) in [5, 5.41) is 8.76. The number of nitrogens with zero attached hydrogens (tertiary/aromatic N) is 1. The average molecular weight is 331 g/mol. The van der Waals surface area contributed by atoms with Crippen molar-refractivity contribution in [3.63, 3.8) is 0 Å². The van der Waals surface area contributed by atoms with Gasteiger partial charge in [-0.3, -0.25) is 9.69 Å². The van der Waals surface area contributed by atoms with Gasteiger partial charge in [-0.15, -0.1) is 0 Å². The summed E-state index contributed by atoms with van der Waals surface area (Å²) in [6, 6.07) is 6.85. The lowest BCUT2D eigenvalue weighted by Crippen LogP contribution is -2.41. The van der Waals surface area contributed by atoms with Gasteiger partial charge in [0.2, 0.25) is 0 Å². The number of carbonyl (C=O) groups excluding carboxylic acids is 1. The molecule has 1 aromatic carbocycles. The van der Waals surface area contributed by atoms with Crippen LogP contribution in [0, 0.1) is 5.92 Å². The number of alkyl halides is 3. The summed E-state index contributed by atoms with van der Waals surface area (Å²) in [6.07, 6.45) is -4.81. The minimum Gasteiger partial charge on any atom is -0.481 e. The second kappa shape index (κ2) is 6.89. The van der Waals surface area contributed by atoms with Crippen LogP contribution < -0.4 is 4.90 Å². The van der Waals surface area contributed by atoms with Gasteiger partial charge in [0.15, 0.2) is 6.61 Å². The van der Waals surface area contributed by atoms with Crippen molar-refractivity contribution < 1.29 is 32.6 Å². The molecule has 0 saturated carbocycles. The quantitative estimate of drug-likeness (QED) is 0.920. The maximum atomic E-state index is 12.2. The van der Waals surface area contributed by atoms with E-state index < -0.39 is 24.8 Å². The minimum atomic E-state index is -4.59. The number of rotatable bonds is 4. The van der Waals surface area contributed by atoms with Crippen LogP contribution >= 0.6 is 0 Å². The van der Waals surface area contributed by atoms with Gasteiger partial charge in [0.25, 0.3) is 0 Å². The maximum Gasteiger partial charge on any atom is 0.422 e. The highest BCUT2D eigenvalue weighted by Gasteiger charge is 2.34. The summed E-state index contributed by atoms with van der Waals surface area (Å²) in [5.41, 5.74) is 1.30. The summed E-state index contributed by atoms with van der Waals surface area (Å²) in [6.45, 7) is -1.51. The molecule has 8 heteroatoms. The highest BCUT2D eigenvalue weighted by atomic mass is 19.4. The van der Waals surface area contributed by atoms with Gasteiger partial charge in [-0.1, -0.05) is 18.2 Å². The van der Waals surface area contributed by atoms with E-state index >= 15 is 0 Å². The van der Waals surface area contributed by atoms with Crippen LogP contribution in [0.5, 0.6) is 0 Å². The number of fused-ring (bicyclic) bond motifs is 1. The Labute approximate surface area is 130 Å². The Morgan fingerprint density at radius 3 is 2.65 bits per heavy atom. The van der Waals surface area contributed by atoms with Crippen LogP contribution in [-0.2, 0) is 16.0 Å². The lowest BCUT2D eigenvalue weighted by atomic mass is 9.89. The fraction of sp³-hybridized carbons (Fsp3) is 0.467. The van der Waals surface area contributed by atoms with Crippen molar-refractivity contribution in [2.45, 2.75) is 25.4 Å². The highest BCUT2D eigenvalue weighted by molar-refractivity contribution is 5.89. The fourth-order valence-electron chi connectivity index (χ4n) is 2.59. The molecule has 0 spiro atoms. The van der Waals surface area contributed by atoms with Crippen LogP contribution in [-0.4, -0.2) is 36.5 Å². The van der Waals surface area contributed by atoms with E-state index in [4.69, 9.17) is 5.11 Å². The first-order valence-electron chi connectivity index (χ1n) is 7.07. The zero-order valence-corrected chi connectivity index (χ0v) is 12.2. The van der Waals surface area contributed by atoms with Crippen molar-refractivity contribution in [2.75, 3.05) is 18.1 Å². The van der Waals surface area contributed by atoms with E-state index in [1.54, 1.807) is 24.3 Å². The largest absolute Gasteiger partial charge is 0.481 e. The van der Waals surface area contributed by atoms with E-state index in [-0.39, 0.29) is 18.9 Å². The van der Waals surface area contributed by atoms with Crippen LogP contribution in [0.15, 0.2) is 24.3 Å². The zero-order chi connectivity index (χ0) is 17.0. The van der Waals surface area contributed by atoms with Crippen molar-refractivity contribution >= 4 is 17.7 Å². The lowest BCUT2D eigenvalue weighted by molar-refractivity contribution is -0.159. The molecule has 0 aliphatic carbocycles. The van der Waals surface area contributed by atoms with Gasteiger partial charge >= 0.3 is 18.2 Å². The Bertz CT molecular complexity index is 588. The molecule has 0 bridgehead atoms. The van der Waals surface area contributed by atoms with E-state index in [9.17, 15) is 22.8 Å². The molecule has 1 aromatic rings. The first kappa shape index (κ1) is 17.1. The molecule has 1 atom stereocenters. The van der Waals surface area contributed by atoms with Crippen molar-refractivity contribution in [3.05, 3.63) is 29.8 Å². The molecule has 1 N–H and O–H groups in total. The van der Waals surface area contributed by atoms with Crippen LogP contribution in [0.3, 0.4) is 0 Å². The lowest BCUT2D eigenvalue weighted by Gasteiger charge is -2.33. The number of carbonyl (C=O) groups is 2. The van der Waals surface area contributed by atoms with Crippen LogP contribution in [0.2, 0.25) is 0 Å². The normalized spacial score (nSPS) is 17.5. The summed E-state index contributed by atoms with van der Waals surface area (Å²) >= 11 is 0. The number of amides is 1. The predicted octanol–water partition coefficient (Wildman–Crippen LogP) is 3.23. The molecule has 23 heavy (non-hydrogen) atoms. The number of hydrogen-bond donors (Lipinski definition) is 1. The van der Waals surface area contributed by atoms with Crippen LogP contribution in [0.1, 0.15) is 18.4 Å². The van der Waals surface area contributed by atoms with Crippen molar-refractivity contribution in [3.8, 4) is 0 Å². The topological polar surface area (TPSA) is 66.8 Å². The van der Waals surface area contributed by atoms with E-state index in [2.05, 4.69) is 4.74 Å². The standard InChI is InChI=1S/C15H16F3NO4/c16-15(17,18)9-23-14(22)19-8-10(5-6-13(20)21)7-11-3-1-2-4-12(11)19/h1-4,10H,5-9H2,(H,20,21). The number of anilines is 1. The van der Waals surface area contributed by atoms with Gasteiger partial charge in [-0.25, -0.2) is 4.79 Å². The predicted molar refractivity (Wildman–Crippen MR) is 75.3 cm³/mol. The molecule has 1 aliphatic heterocycles. The van der Waals surface area contributed by atoms with E-state index in [0.29, 0.717) is 18.5 Å². The summed E-state index contributed by atoms with van der Waals surface area (Å²) < 4.78 is 40.9. The third-order valence-corrected chi connectivity index (χ3v) is 3.58. The SMILES string of the molecule is O=C(O)CCC1Cc2ccccc2N(C(=O)OCC(F)(F)F)C1. The smallest absolute Gasteiger partial charge is 0.422 e. The Kier molecular flexibility index (Phi) is 5.12. The van der Waals surface area contributed by atoms with Crippen LogP contribution in [0.4, 0.5) is 23.7 Å². The first-order valence-corrected chi connectivity index (χ1v) is 7.07. The summed E-state index contributed by atoms with van der Waals surface area (Å²) in [5.74, 6) is -1.09. The molecule has 0 fully saturated rings. The molecular formula is C15H16F3NO4. The third-order valence-electron chi connectivity index (χ3n) is 3.58. The first-order chi connectivity index (χ1) is 10.8. The minimum absolute atomic E-state index is 0.0573. The molecule has 2 rings (SSSR count). The van der Waals surface area contributed by atoms with Gasteiger partial charge < -0.3 is 9.84 Å². The van der Waals surface area contributed by atoms with E-state index in [1.165, 1.54) is 0 Å². The van der Waals surface area contributed by atoms with Crippen LogP contribution in [0.25, 0.3) is 0 Å². The Morgan fingerprint density at radius 1 is 1.30 bits per heavy atom. The van der Waals surface area contributed by atoms with Crippen molar-refractivity contribution in [1.82, 2.24) is 0 Å². The molecular weight excluding hydrogens is 315 g/mol. The second-order valence-electron chi connectivity index (χ2n) is 5.41. The number of aliphatic carboxylic acids is 1. The van der Waals surface area contributed by atoms with Gasteiger partial charge in [0.1, 0.15) is 0 Å². The van der Waals surface area contributed by atoms with Crippen molar-refractivity contribution in [1.29, 1.82) is 0 Å². The third kappa shape index (κ3) is 4.87. The number of benzene rings is 1. The molecule has 0 aromatic heterocycles. The van der Waals surface area contributed by atoms with Gasteiger partial charge in [-0.2, -0.15) is 13.2 Å².